The minimum atomic E-state index is -1.16. The van der Waals surface area contributed by atoms with Crippen LogP contribution in [-0.4, -0.2) is 84.0 Å². The zero-order valence-corrected chi connectivity index (χ0v) is 23.8. The van der Waals surface area contributed by atoms with Crippen molar-refractivity contribution in [2.24, 2.45) is 27.9 Å². The van der Waals surface area contributed by atoms with Gasteiger partial charge in [-0.1, -0.05) is 30.3 Å². The van der Waals surface area contributed by atoms with Crippen molar-refractivity contribution >= 4 is 41.4 Å². The van der Waals surface area contributed by atoms with Gasteiger partial charge in [0.25, 0.3) is 0 Å². The first kappa shape index (κ1) is 34.7. The smallest absolute Gasteiger partial charge is 0.326 e. The average Bonchev–Trinajstić information content (AvgIpc) is 2.92. The van der Waals surface area contributed by atoms with Crippen LogP contribution in [0, 0.1) is 0 Å². The van der Waals surface area contributed by atoms with Gasteiger partial charge in [-0.05, 0) is 69.1 Å². The van der Waals surface area contributed by atoms with Crippen LogP contribution in [0.2, 0.25) is 0 Å². The number of aliphatic imine (C=N–C) groups is 1. The van der Waals surface area contributed by atoms with E-state index < -0.39 is 47.9 Å². The topological polar surface area (TPSA) is 241 Å². The lowest BCUT2D eigenvalue weighted by Gasteiger charge is -2.25. The molecule has 0 bridgehead atoms. The zero-order chi connectivity index (χ0) is 29.9. The first-order chi connectivity index (χ1) is 19.1. The highest BCUT2D eigenvalue weighted by Crippen LogP contribution is 2.08. The summed E-state index contributed by atoms with van der Waals surface area (Å²) in [5, 5.41) is 17.4. The van der Waals surface area contributed by atoms with Crippen LogP contribution in [0.1, 0.15) is 44.1 Å². The Hall–Kier alpha value is -3.36. The zero-order valence-electron chi connectivity index (χ0n) is 23.0. The van der Waals surface area contributed by atoms with Gasteiger partial charge in [0.15, 0.2) is 5.96 Å². The highest BCUT2D eigenvalue weighted by molar-refractivity contribution is 7.98. The van der Waals surface area contributed by atoms with Crippen LogP contribution >= 0.6 is 11.8 Å². The Morgan fingerprint density at radius 1 is 0.875 bits per heavy atom. The molecule has 1 aromatic rings. The van der Waals surface area contributed by atoms with Gasteiger partial charge in [-0.3, -0.25) is 19.4 Å². The largest absolute Gasteiger partial charge is 0.480 e. The van der Waals surface area contributed by atoms with Gasteiger partial charge in [0.1, 0.15) is 18.1 Å². The number of amides is 3. The molecular formula is C26H44N8O5S. The number of nitrogens with zero attached hydrogens (tertiary/aromatic N) is 1. The summed E-state index contributed by atoms with van der Waals surface area (Å²) in [4.78, 5) is 54.9. The minimum absolute atomic E-state index is 0.0963. The molecule has 0 spiro atoms. The van der Waals surface area contributed by atoms with Crippen molar-refractivity contribution in [3.8, 4) is 0 Å². The molecule has 14 heteroatoms. The van der Waals surface area contributed by atoms with E-state index in [1.165, 1.54) is 11.8 Å². The van der Waals surface area contributed by atoms with E-state index in [2.05, 4.69) is 20.9 Å². The van der Waals surface area contributed by atoms with Gasteiger partial charge in [-0.15, -0.1) is 0 Å². The standard InChI is InChI=1S/C26H44N8O5S/c1-40-15-12-21(25(38)39)34-24(37)19(10-5-6-13-27)33-23(36)20(11-7-14-31-26(29)30)32-22(35)18(28)16-17-8-3-2-4-9-17/h2-4,8-9,18-21H,5-7,10-16,27-28H2,1H3,(H,32,35)(H,33,36)(H,34,37)(H,38,39)(H4,29,30,31). The highest BCUT2D eigenvalue weighted by Gasteiger charge is 2.30. The maximum absolute atomic E-state index is 13.4. The van der Waals surface area contributed by atoms with E-state index >= 15 is 0 Å². The van der Waals surface area contributed by atoms with Gasteiger partial charge in [0.2, 0.25) is 17.7 Å². The van der Waals surface area contributed by atoms with Crippen LogP contribution in [0.3, 0.4) is 0 Å². The normalized spacial score (nSPS) is 13.8. The summed E-state index contributed by atoms with van der Waals surface area (Å²) < 4.78 is 0. The highest BCUT2D eigenvalue weighted by atomic mass is 32.2. The van der Waals surface area contributed by atoms with Crippen molar-refractivity contribution in [2.45, 2.75) is 69.1 Å². The predicted octanol–water partition coefficient (Wildman–Crippen LogP) is -0.969. The lowest BCUT2D eigenvalue weighted by atomic mass is 10.0. The molecule has 40 heavy (non-hydrogen) atoms. The Balaban J connectivity index is 3.02. The molecule has 0 radical (unpaired) electrons. The van der Waals surface area contributed by atoms with Gasteiger partial charge in [0.05, 0.1) is 6.04 Å². The first-order valence-corrected chi connectivity index (χ1v) is 14.7. The lowest BCUT2D eigenvalue weighted by Crippen LogP contribution is -2.57. The lowest BCUT2D eigenvalue weighted by molar-refractivity contribution is -0.142. The van der Waals surface area contributed by atoms with Crippen LogP contribution in [0.4, 0.5) is 0 Å². The molecule has 3 amide bonds. The number of unbranched alkanes of at least 4 members (excludes halogenated alkanes) is 1. The number of aliphatic carboxylic acids is 1. The van der Waals surface area contributed by atoms with E-state index in [1.54, 1.807) is 0 Å². The Labute approximate surface area is 239 Å². The molecule has 0 aliphatic carbocycles. The minimum Gasteiger partial charge on any atom is -0.480 e. The van der Waals surface area contributed by atoms with Crippen molar-refractivity contribution < 1.29 is 24.3 Å². The Morgan fingerprint density at radius 2 is 1.45 bits per heavy atom. The Kier molecular flexibility index (Phi) is 17.0. The Morgan fingerprint density at radius 3 is 2.00 bits per heavy atom. The third kappa shape index (κ3) is 14.1. The van der Waals surface area contributed by atoms with E-state index in [0.717, 1.165) is 5.56 Å². The fraction of sp³-hybridized carbons (Fsp3) is 0.577. The van der Waals surface area contributed by atoms with Gasteiger partial charge in [-0.2, -0.15) is 11.8 Å². The number of carbonyl (C=O) groups excluding carboxylic acids is 3. The van der Waals surface area contributed by atoms with E-state index in [4.69, 9.17) is 22.9 Å². The molecule has 12 N–H and O–H groups in total. The van der Waals surface area contributed by atoms with Crippen LogP contribution in [0.5, 0.6) is 0 Å². The van der Waals surface area contributed by atoms with E-state index in [-0.39, 0.29) is 38.2 Å². The van der Waals surface area contributed by atoms with Crippen molar-refractivity contribution in [3.63, 3.8) is 0 Å². The number of carboxylic acid groups (broad SMARTS) is 1. The SMILES string of the molecule is CSCCC(NC(=O)C(CCCCN)NC(=O)C(CCCN=C(N)N)NC(=O)C(N)Cc1ccccc1)C(=O)O. The number of nitrogens with one attached hydrogen (secondary N) is 3. The molecule has 4 atom stereocenters. The van der Waals surface area contributed by atoms with Crippen molar-refractivity contribution in [2.75, 3.05) is 25.1 Å². The summed E-state index contributed by atoms with van der Waals surface area (Å²) in [5.41, 5.74) is 23.3. The number of thioether (sulfide) groups is 1. The van der Waals surface area contributed by atoms with Crippen molar-refractivity contribution in [1.82, 2.24) is 16.0 Å². The second-order valence-electron chi connectivity index (χ2n) is 9.33. The summed E-state index contributed by atoms with van der Waals surface area (Å²) in [7, 11) is 0. The molecule has 13 nitrogen and oxygen atoms in total. The number of nitrogens with two attached hydrogens (primary N) is 4. The van der Waals surface area contributed by atoms with E-state index in [9.17, 15) is 24.3 Å². The number of carbonyl (C=O) groups is 4. The number of hydrogen-bond donors (Lipinski definition) is 8. The van der Waals surface area contributed by atoms with Gasteiger partial charge in [-0.25, -0.2) is 4.79 Å². The molecule has 0 aliphatic heterocycles. The molecule has 0 saturated heterocycles. The van der Waals surface area contributed by atoms with Crippen LogP contribution < -0.4 is 38.9 Å². The molecule has 224 valence electrons. The van der Waals surface area contributed by atoms with E-state index in [0.29, 0.717) is 31.6 Å². The summed E-state index contributed by atoms with van der Waals surface area (Å²) in [5.74, 6) is -2.47. The average molecular weight is 581 g/mol. The molecule has 1 rings (SSSR count). The van der Waals surface area contributed by atoms with Crippen LogP contribution in [-0.2, 0) is 25.6 Å². The molecule has 1 aromatic carbocycles. The number of hydrogen-bond acceptors (Lipinski definition) is 8. The number of benzene rings is 1. The van der Waals surface area contributed by atoms with Crippen molar-refractivity contribution in [1.29, 1.82) is 0 Å². The monoisotopic (exact) mass is 580 g/mol. The molecular weight excluding hydrogens is 536 g/mol. The van der Waals surface area contributed by atoms with Gasteiger partial charge < -0.3 is 44.0 Å². The summed E-state index contributed by atoms with van der Waals surface area (Å²) in [6, 6.07) is 5.17. The summed E-state index contributed by atoms with van der Waals surface area (Å²) >= 11 is 1.46. The maximum Gasteiger partial charge on any atom is 0.326 e. The second kappa shape index (κ2) is 19.7. The predicted molar refractivity (Wildman–Crippen MR) is 157 cm³/mol. The Bertz CT molecular complexity index is 962. The molecule has 0 aliphatic rings. The summed E-state index contributed by atoms with van der Waals surface area (Å²) in [6.45, 7) is 0.630. The first-order valence-electron chi connectivity index (χ1n) is 13.3. The van der Waals surface area contributed by atoms with E-state index in [1.807, 2.05) is 36.6 Å². The molecule has 0 aromatic heterocycles. The van der Waals surface area contributed by atoms with Gasteiger partial charge in [0, 0.05) is 6.54 Å². The molecule has 0 heterocycles. The summed E-state index contributed by atoms with van der Waals surface area (Å²) in [6.07, 6.45) is 4.26. The van der Waals surface area contributed by atoms with Gasteiger partial charge >= 0.3 is 5.97 Å². The molecule has 4 unspecified atom stereocenters. The second-order valence-corrected chi connectivity index (χ2v) is 10.3. The fourth-order valence-corrected chi connectivity index (χ4v) is 4.28. The number of carboxylic acids is 1. The number of guanidine groups is 1. The molecule has 0 saturated carbocycles. The van der Waals surface area contributed by atoms with Crippen LogP contribution in [0.25, 0.3) is 0 Å². The van der Waals surface area contributed by atoms with Crippen LogP contribution in [0.15, 0.2) is 35.3 Å². The fourth-order valence-electron chi connectivity index (χ4n) is 3.81. The third-order valence-corrected chi connectivity index (χ3v) is 6.66. The number of rotatable bonds is 20. The molecule has 0 fully saturated rings. The van der Waals surface area contributed by atoms with Crippen molar-refractivity contribution in [3.05, 3.63) is 35.9 Å². The third-order valence-electron chi connectivity index (χ3n) is 6.02. The quantitative estimate of drug-likeness (QED) is 0.0533. The maximum atomic E-state index is 13.4.